The monoisotopic (exact) mass is 275 g/mol. The zero-order valence-electron chi connectivity index (χ0n) is 11.0. The highest BCUT2D eigenvalue weighted by molar-refractivity contribution is 6.31. The first-order valence-electron chi connectivity index (χ1n) is 6.07. The van der Waals surface area contributed by atoms with Crippen LogP contribution >= 0.6 is 11.6 Å². The van der Waals surface area contributed by atoms with Crippen molar-refractivity contribution < 1.29 is 9.36 Å². The first kappa shape index (κ1) is 13.6. The van der Waals surface area contributed by atoms with E-state index in [1.807, 2.05) is 54.9 Å². The Hall–Kier alpha value is -1.87. The fourth-order valence-electron chi connectivity index (χ4n) is 1.76. The van der Waals surface area contributed by atoms with Gasteiger partial charge >= 0.3 is 0 Å². The van der Waals surface area contributed by atoms with Gasteiger partial charge in [-0.25, -0.2) is 0 Å². The lowest BCUT2D eigenvalue weighted by Gasteiger charge is -2.05. The van der Waals surface area contributed by atoms with Crippen LogP contribution in [-0.2, 0) is 11.3 Å². The second-order valence-corrected chi connectivity index (χ2v) is 4.89. The first-order chi connectivity index (χ1) is 9.06. The fourth-order valence-corrected chi connectivity index (χ4v) is 1.95. The average Bonchev–Trinajstić information content (AvgIpc) is 2.37. The summed E-state index contributed by atoms with van der Waals surface area (Å²) in [5.74, 6) is -0.0702. The molecule has 4 heteroatoms. The van der Waals surface area contributed by atoms with Gasteiger partial charge in [0.05, 0.1) is 0 Å². The molecule has 1 aromatic heterocycles. The Bertz CT molecular complexity index is 611. The van der Waals surface area contributed by atoms with Gasteiger partial charge < -0.3 is 5.32 Å². The van der Waals surface area contributed by atoms with Crippen molar-refractivity contribution >= 4 is 23.2 Å². The van der Waals surface area contributed by atoms with E-state index >= 15 is 0 Å². The molecular weight excluding hydrogens is 260 g/mol. The van der Waals surface area contributed by atoms with E-state index in [1.54, 1.807) is 6.07 Å². The first-order valence-corrected chi connectivity index (χ1v) is 6.45. The van der Waals surface area contributed by atoms with E-state index in [9.17, 15) is 4.79 Å². The minimum atomic E-state index is -0.0702. The van der Waals surface area contributed by atoms with Crippen LogP contribution in [0.15, 0.2) is 42.6 Å². The molecule has 2 aromatic rings. The predicted molar refractivity (Wildman–Crippen MR) is 76.2 cm³/mol. The van der Waals surface area contributed by atoms with Gasteiger partial charge in [-0.2, -0.15) is 4.57 Å². The summed E-state index contributed by atoms with van der Waals surface area (Å²) in [5, 5.41) is 3.50. The molecule has 3 nitrogen and oxygen atoms in total. The van der Waals surface area contributed by atoms with Crippen molar-refractivity contribution in [1.82, 2.24) is 0 Å². The summed E-state index contributed by atoms with van der Waals surface area (Å²) in [5.41, 5.74) is 2.75. The molecular formula is C15H16ClN2O+. The topological polar surface area (TPSA) is 33.0 Å². The van der Waals surface area contributed by atoms with Crippen LogP contribution in [0.3, 0.4) is 0 Å². The van der Waals surface area contributed by atoms with E-state index in [-0.39, 0.29) is 12.5 Å². The summed E-state index contributed by atoms with van der Waals surface area (Å²) < 4.78 is 1.89. The van der Waals surface area contributed by atoms with Gasteiger partial charge in [-0.05, 0) is 24.6 Å². The molecule has 1 amide bonds. The van der Waals surface area contributed by atoms with Crippen LogP contribution in [0.1, 0.15) is 11.3 Å². The van der Waals surface area contributed by atoms with Crippen molar-refractivity contribution in [2.24, 2.45) is 0 Å². The summed E-state index contributed by atoms with van der Waals surface area (Å²) in [7, 11) is 0. The third kappa shape index (κ3) is 3.55. The molecule has 19 heavy (non-hydrogen) atoms. The molecule has 0 aliphatic heterocycles. The molecule has 2 rings (SSSR count). The molecule has 1 heterocycles. The van der Waals surface area contributed by atoms with Gasteiger partial charge in [0.15, 0.2) is 11.9 Å². The number of anilines is 1. The maximum atomic E-state index is 12.0. The molecule has 0 saturated heterocycles. The Balaban J connectivity index is 2.05. The van der Waals surface area contributed by atoms with E-state index in [1.165, 1.54) is 0 Å². The summed E-state index contributed by atoms with van der Waals surface area (Å²) in [6, 6.07) is 11.3. The number of carbonyl (C=O) groups is 1. The third-order valence-electron chi connectivity index (χ3n) is 2.94. The highest BCUT2D eigenvalue weighted by atomic mass is 35.5. The highest BCUT2D eigenvalue weighted by Gasteiger charge is 2.12. The normalized spacial score (nSPS) is 10.3. The third-order valence-corrected chi connectivity index (χ3v) is 3.34. The Labute approximate surface area is 117 Å². The number of pyridine rings is 1. The standard InChI is InChI=1S/C15H15ClN2O/c1-11-6-7-13(9-14(11)16)17-15(19)10-18-8-4-3-5-12(18)2/h3-9H,10H2,1-2H3/p+1. The van der Waals surface area contributed by atoms with Crippen molar-refractivity contribution in [1.29, 1.82) is 0 Å². The number of hydrogen-bond acceptors (Lipinski definition) is 1. The smallest absolute Gasteiger partial charge is 0.290 e. The maximum absolute atomic E-state index is 12.0. The molecule has 98 valence electrons. The molecule has 0 unspecified atom stereocenters. The minimum absolute atomic E-state index is 0.0702. The lowest BCUT2D eigenvalue weighted by molar-refractivity contribution is -0.690. The van der Waals surface area contributed by atoms with Crippen molar-refractivity contribution in [3.05, 3.63) is 58.9 Å². The van der Waals surface area contributed by atoms with Crippen LogP contribution in [0.4, 0.5) is 5.69 Å². The van der Waals surface area contributed by atoms with Crippen LogP contribution in [-0.4, -0.2) is 5.91 Å². The molecule has 0 saturated carbocycles. The van der Waals surface area contributed by atoms with E-state index in [2.05, 4.69) is 5.32 Å². The Morgan fingerprint density at radius 3 is 2.74 bits per heavy atom. The molecule has 0 fully saturated rings. The van der Waals surface area contributed by atoms with Crippen molar-refractivity contribution in [3.63, 3.8) is 0 Å². The number of rotatable bonds is 3. The van der Waals surface area contributed by atoms with Gasteiger partial charge in [0.25, 0.3) is 5.91 Å². The number of nitrogens with one attached hydrogen (secondary N) is 1. The molecule has 0 radical (unpaired) electrons. The molecule has 0 atom stereocenters. The molecule has 0 bridgehead atoms. The molecule has 1 N–H and O–H groups in total. The van der Waals surface area contributed by atoms with E-state index in [0.717, 1.165) is 16.9 Å². The van der Waals surface area contributed by atoms with Gasteiger partial charge in [0.1, 0.15) is 0 Å². The van der Waals surface area contributed by atoms with Crippen LogP contribution in [0, 0.1) is 13.8 Å². The molecule has 0 spiro atoms. The number of hydrogen-bond donors (Lipinski definition) is 1. The van der Waals surface area contributed by atoms with E-state index in [0.29, 0.717) is 5.02 Å². The van der Waals surface area contributed by atoms with Gasteiger partial charge in [-0.1, -0.05) is 23.7 Å². The van der Waals surface area contributed by atoms with Gasteiger partial charge in [0.2, 0.25) is 6.54 Å². The number of halogens is 1. The maximum Gasteiger partial charge on any atom is 0.290 e. The number of benzene rings is 1. The van der Waals surface area contributed by atoms with E-state index in [4.69, 9.17) is 11.6 Å². The number of nitrogens with zero attached hydrogens (tertiary/aromatic N) is 1. The van der Waals surface area contributed by atoms with Crippen LogP contribution in [0.5, 0.6) is 0 Å². The molecule has 0 aliphatic carbocycles. The van der Waals surface area contributed by atoms with Gasteiger partial charge in [-0.3, -0.25) is 4.79 Å². The molecule has 1 aromatic carbocycles. The number of amides is 1. The SMILES string of the molecule is Cc1ccc(NC(=O)C[n+]2ccccc2C)cc1Cl. The zero-order valence-corrected chi connectivity index (χ0v) is 11.7. The predicted octanol–water partition coefficient (Wildman–Crippen LogP) is 2.88. The second kappa shape index (κ2) is 5.85. The van der Waals surface area contributed by atoms with Crippen molar-refractivity contribution in [2.75, 3.05) is 5.32 Å². The summed E-state index contributed by atoms with van der Waals surface area (Å²) in [6.07, 6.45) is 1.89. The highest BCUT2D eigenvalue weighted by Crippen LogP contribution is 2.19. The van der Waals surface area contributed by atoms with Crippen molar-refractivity contribution in [3.8, 4) is 0 Å². The molecule has 0 aliphatic rings. The van der Waals surface area contributed by atoms with E-state index < -0.39 is 0 Å². The Morgan fingerprint density at radius 1 is 1.26 bits per heavy atom. The summed E-state index contributed by atoms with van der Waals surface area (Å²) in [4.78, 5) is 12.0. The van der Waals surface area contributed by atoms with Crippen LogP contribution in [0.25, 0.3) is 0 Å². The Kier molecular flexibility index (Phi) is 4.17. The van der Waals surface area contributed by atoms with Crippen molar-refractivity contribution in [2.45, 2.75) is 20.4 Å². The second-order valence-electron chi connectivity index (χ2n) is 4.48. The lowest BCUT2D eigenvalue weighted by Crippen LogP contribution is -2.42. The zero-order chi connectivity index (χ0) is 13.8. The number of aromatic nitrogens is 1. The number of aryl methyl sites for hydroxylation is 2. The summed E-state index contributed by atoms with van der Waals surface area (Å²) >= 11 is 6.03. The number of carbonyl (C=O) groups excluding carboxylic acids is 1. The quantitative estimate of drug-likeness (QED) is 0.859. The average molecular weight is 276 g/mol. The van der Waals surface area contributed by atoms with Gasteiger partial charge in [-0.15, -0.1) is 0 Å². The Morgan fingerprint density at radius 2 is 2.05 bits per heavy atom. The van der Waals surface area contributed by atoms with Crippen LogP contribution in [0.2, 0.25) is 5.02 Å². The summed E-state index contributed by atoms with van der Waals surface area (Å²) in [6.45, 7) is 4.19. The lowest BCUT2D eigenvalue weighted by atomic mass is 10.2. The fraction of sp³-hybridized carbons (Fsp3) is 0.200. The largest absolute Gasteiger partial charge is 0.321 e. The van der Waals surface area contributed by atoms with Gasteiger partial charge in [0, 0.05) is 29.8 Å². The minimum Gasteiger partial charge on any atom is -0.321 e. The van der Waals surface area contributed by atoms with Crippen LogP contribution < -0.4 is 9.88 Å².